The van der Waals surface area contributed by atoms with Gasteiger partial charge in [-0.2, -0.15) is 0 Å². The molecule has 0 saturated carbocycles. The highest BCUT2D eigenvalue weighted by atomic mass is 16.7. The zero-order chi connectivity index (χ0) is 20.4. The lowest BCUT2D eigenvalue weighted by Gasteiger charge is -2.19. The number of carbonyl (C=O) groups is 1. The van der Waals surface area contributed by atoms with E-state index in [0.29, 0.717) is 29.4 Å². The molecule has 2 aromatic carbocycles. The van der Waals surface area contributed by atoms with Gasteiger partial charge in [-0.15, -0.1) is 0 Å². The number of aryl methyl sites for hydroxylation is 2. The zero-order valence-electron chi connectivity index (χ0n) is 16.6. The van der Waals surface area contributed by atoms with E-state index in [2.05, 4.69) is 5.16 Å². The minimum absolute atomic E-state index is 0.128. The SMILES string of the molecule is Cc1noc(C)c1COc1ccccc1C(=O)N(C)Cc1ccc2c(c1)OCO2. The van der Waals surface area contributed by atoms with Gasteiger partial charge in [0.15, 0.2) is 11.5 Å². The summed E-state index contributed by atoms with van der Waals surface area (Å²) in [5.74, 6) is 2.53. The number of benzene rings is 2. The fourth-order valence-corrected chi connectivity index (χ4v) is 3.22. The van der Waals surface area contributed by atoms with Gasteiger partial charge in [0, 0.05) is 13.6 Å². The Morgan fingerprint density at radius 1 is 1.14 bits per heavy atom. The Balaban J connectivity index is 1.48. The van der Waals surface area contributed by atoms with Crippen molar-refractivity contribution in [2.45, 2.75) is 27.0 Å². The Bertz CT molecular complexity index is 1020. The minimum Gasteiger partial charge on any atom is -0.488 e. The summed E-state index contributed by atoms with van der Waals surface area (Å²) in [4.78, 5) is 14.7. The third kappa shape index (κ3) is 3.89. The van der Waals surface area contributed by atoms with Gasteiger partial charge >= 0.3 is 0 Å². The number of fused-ring (bicyclic) bond motifs is 1. The van der Waals surface area contributed by atoms with Crippen LogP contribution in [0.1, 0.15) is 32.9 Å². The maximum Gasteiger partial charge on any atom is 0.257 e. The maximum absolute atomic E-state index is 13.1. The van der Waals surface area contributed by atoms with E-state index in [4.69, 9.17) is 18.7 Å². The summed E-state index contributed by atoms with van der Waals surface area (Å²) >= 11 is 0. The molecule has 1 aromatic heterocycles. The topological polar surface area (TPSA) is 74.0 Å². The van der Waals surface area contributed by atoms with Gasteiger partial charge in [0.2, 0.25) is 6.79 Å². The molecule has 1 amide bonds. The molecule has 2 heterocycles. The van der Waals surface area contributed by atoms with Crippen LogP contribution in [-0.4, -0.2) is 29.8 Å². The van der Waals surface area contributed by atoms with E-state index in [0.717, 1.165) is 22.6 Å². The third-order valence-electron chi connectivity index (χ3n) is 4.87. The molecule has 4 rings (SSSR count). The number of amides is 1. The third-order valence-corrected chi connectivity index (χ3v) is 4.87. The fraction of sp³-hybridized carbons (Fsp3) is 0.273. The first-order chi connectivity index (χ1) is 14.0. The molecule has 0 atom stereocenters. The van der Waals surface area contributed by atoms with Crippen LogP contribution in [0.15, 0.2) is 47.0 Å². The van der Waals surface area contributed by atoms with Gasteiger partial charge < -0.3 is 23.6 Å². The van der Waals surface area contributed by atoms with Gasteiger partial charge in [-0.25, -0.2) is 0 Å². The number of aromatic nitrogens is 1. The zero-order valence-corrected chi connectivity index (χ0v) is 16.6. The highest BCUT2D eigenvalue weighted by Crippen LogP contribution is 2.33. The van der Waals surface area contributed by atoms with Crippen molar-refractivity contribution in [2.75, 3.05) is 13.8 Å². The molecular formula is C22H22N2O5. The van der Waals surface area contributed by atoms with Gasteiger partial charge in [-0.05, 0) is 43.7 Å². The monoisotopic (exact) mass is 394 g/mol. The first-order valence-electron chi connectivity index (χ1n) is 9.30. The normalized spacial score (nSPS) is 12.1. The predicted molar refractivity (Wildman–Crippen MR) is 105 cm³/mol. The summed E-state index contributed by atoms with van der Waals surface area (Å²) in [6, 6.07) is 12.9. The molecule has 0 N–H and O–H groups in total. The van der Waals surface area contributed by atoms with Crippen molar-refractivity contribution >= 4 is 5.91 Å². The van der Waals surface area contributed by atoms with Gasteiger partial charge in [-0.3, -0.25) is 4.79 Å². The number of rotatable bonds is 6. The Morgan fingerprint density at radius 2 is 1.93 bits per heavy atom. The number of hydrogen-bond donors (Lipinski definition) is 0. The Kier molecular flexibility index (Phi) is 5.12. The molecular weight excluding hydrogens is 372 g/mol. The molecule has 150 valence electrons. The van der Waals surface area contributed by atoms with Crippen LogP contribution in [0.4, 0.5) is 0 Å². The summed E-state index contributed by atoms with van der Waals surface area (Å²) in [6.07, 6.45) is 0. The largest absolute Gasteiger partial charge is 0.488 e. The first kappa shape index (κ1) is 18.9. The maximum atomic E-state index is 13.1. The smallest absolute Gasteiger partial charge is 0.257 e. The van der Waals surface area contributed by atoms with E-state index in [1.807, 2.05) is 44.2 Å². The van der Waals surface area contributed by atoms with E-state index in [1.54, 1.807) is 24.1 Å². The van der Waals surface area contributed by atoms with Gasteiger partial charge in [0.25, 0.3) is 5.91 Å². The van der Waals surface area contributed by atoms with Crippen molar-refractivity contribution in [1.82, 2.24) is 10.1 Å². The molecule has 3 aromatic rings. The fourth-order valence-electron chi connectivity index (χ4n) is 3.22. The van der Waals surface area contributed by atoms with Crippen molar-refractivity contribution in [3.63, 3.8) is 0 Å². The second kappa shape index (κ2) is 7.87. The molecule has 29 heavy (non-hydrogen) atoms. The average Bonchev–Trinajstić information content (AvgIpc) is 3.32. The quantitative estimate of drug-likeness (QED) is 0.632. The Labute approximate surface area is 168 Å². The highest BCUT2D eigenvalue weighted by Gasteiger charge is 2.19. The highest BCUT2D eigenvalue weighted by molar-refractivity contribution is 5.96. The second-order valence-electron chi connectivity index (χ2n) is 6.94. The lowest BCUT2D eigenvalue weighted by atomic mass is 10.1. The van der Waals surface area contributed by atoms with Crippen molar-refractivity contribution in [3.05, 3.63) is 70.6 Å². The van der Waals surface area contributed by atoms with E-state index >= 15 is 0 Å². The molecule has 0 aliphatic carbocycles. The van der Waals surface area contributed by atoms with E-state index < -0.39 is 0 Å². The first-order valence-corrected chi connectivity index (χ1v) is 9.30. The molecule has 1 aliphatic rings. The van der Waals surface area contributed by atoms with Crippen LogP contribution in [0, 0.1) is 13.8 Å². The van der Waals surface area contributed by atoms with Crippen LogP contribution in [-0.2, 0) is 13.2 Å². The predicted octanol–water partition coefficient (Wildman–Crippen LogP) is 3.87. The molecule has 0 fully saturated rings. The summed E-state index contributed by atoms with van der Waals surface area (Å²) < 4.78 is 21.9. The van der Waals surface area contributed by atoms with Crippen LogP contribution in [0.25, 0.3) is 0 Å². The molecule has 1 aliphatic heterocycles. The second-order valence-corrected chi connectivity index (χ2v) is 6.94. The molecule has 0 bridgehead atoms. The van der Waals surface area contributed by atoms with Gasteiger partial charge in [0.05, 0.1) is 16.8 Å². The molecule has 7 heteroatoms. The Hall–Kier alpha value is -3.48. The van der Waals surface area contributed by atoms with Crippen LogP contribution >= 0.6 is 0 Å². The molecule has 0 radical (unpaired) electrons. The standard InChI is InChI=1S/C22H22N2O5/c1-14-18(15(2)29-23-14)12-26-19-7-5-4-6-17(19)22(25)24(3)11-16-8-9-20-21(10-16)28-13-27-20/h4-10H,11-13H2,1-3H3. The summed E-state index contributed by atoms with van der Waals surface area (Å²) in [6.45, 7) is 4.66. The summed E-state index contributed by atoms with van der Waals surface area (Å²) in [5, 5.41) is 3.94. The van der Waals surface area contributed by atoms with Crippen molar-refractivity contribution in [2.24, 2.45) is 0 Å². The lowest BCUT2D eigenvalue weighted by molar-refractivity contribution is 0.0780. The number of carbonyl (C=O) groups excluding carboxylic acids is 1. The van der Waals surface area contributed by atoms with Crippen molar-refractivity contribution in [1.29, 1.82) is 0 Å². The van der Waals surface area contributed by atoms with Crippen LogP contribution < -0.4 is 14.2 Å². The van der Waals surface area contributed by atoms with Gasteiger partial charge in [0.1, 0.15) is 18.1 Å². The van der Waals surface area contributed by atoms with E-state index in [1.165, 1.54) is 0 Å². The van der Waals surface area contributed by atoms with Crippen molar-refractivity contribution < 1.29 is 23.5 Å². The van der Waals surface area contributed by atoms with Crippen LogP contribution in [0.3, 0.4) is 0 Å². The van der Waals surface area contributed by atoms with Crippen LogP contribution in [0.5, 0.6) is 17.2 Å². The Morgan fingerprint density at radius 3 is 2.72 bits per heavy atom. The summed E-state index contributed by atoms with van der Waals surface area (Å²) in [5.41, 5.74) is 3.13. The van der Waals surface area contributed by atoms with E-state index in [-0.39, 0.29) is 19.3 Å². The summed E-state index contributed by atoms with van der Waals surface area (Å²) in [7, 11) is 1.76. The lowest BCUT2D eigenvalue weighted by Crippen LogP contribution is -2.26. The molecule has 0 unspecified atom stereocenters. The van der Waals surface area contributed by atoms with Crippen LogP contribution in [0.2, 0.25) is 0 Å². The van der Waals surface area contributed by atoms with Crippen molar-refractivity contribution in [3.8, 4) is 17.2 Å². The number of nitrogens with zero attached hydrogens (tertiary/aromatic N) is 2. The average molecular weight is 394 g/mol. The molecule has 0 spiro atoms. The van der Waals surface area contributed by atoms with E-state index in [9.17, 15) is 4.79 Å². The van der Waals surface area contributed by atoms with Gasteiger partial charge in [-0.1, -0.05) is 23.4 Å². The molecule has 7 nitrogen and oxygen atoms in total. The number of para-hydroxylation sites is 1. The number of hydrogen-bond acceptors (Lipinski definition) is 6. The minimum atomic E-state index is -0.128. The molecule has 0 saturated heterocycles. The number of ether oxygens (including phenoxy) is 3.